The van der Waals surface area contributed by atoms with E-state index in [2.05, 4.69) is 5.10 Å². The van der Waals surface area contributed by atoms with Crippen LogP contribution in [-0.4, -0.2) is 59.2 Å². The second kappa shape index (κ2) is 8.55. The Kier molecular flexibility index (Phi) is 6.13. The summed E-state index contributed by atoms with van der Waals surface area (Å²) in [5.74, 6) is 0.300. The van der Waals surface area contributed by atoms with Crippen LogP contribution in [0.15, 0.2) is 23.3 Å². The maximum Gasteiger partial charge on any atom is 0.417 e. The highest BCUT2D eigenvalue weighted by Crippen LogP contribution is 2.23. The molecule has 0 spiro atoms. The number of ether oxygens (including phenoxy) is 2. The van der Waals surface area contributed by atoms with Crippen molar-refractivity contribution in [1.29, 1.82) is 0 Å². The normalized spacial score (nSPS) is 23.5. The molecule has 1 aromatic carbocycles. The van der Waals surface area contributed by atoms with Crippen LogP contribution >= 0.6 is 0 Å². The molecule has 2 saturated heterocycles. The SMILES string of the molecule is Cc1cccc(C)c1COC(=O)N1CCN(CC2COC(C)C2)C1=N[N+](=O)[O-]. The summed E-state index contributed by atoms with van der Waals surface area (Å²) in [5.41, 5.74) is 3.01. The van der Waals surface area contributed by atoms with Gasteiger partial charge in [-0.1, -0.05) is 18.2 Å². The zero-order valence-electron chi connectivity index (χ0n) is 16.5. The fourth-order valence-corrected chi connectivity index (χ4v) is 3.76. The van der Waals surface area contributed by atoms with Crippen LogP contribution in [0.3, 0.4) is 0 Å². The number of nitrogens with zero attached hydrogens (tertiary/aromatic N) is 4. The molecule has 28 heavy (non-hydrogen) atoms. The number of hydrazone groups is 1. The zero-order chi connectivity index (χ0) is 20.3. The highest BCUT2D eigenvalue weighted by atomic mass is 16.7. The van der Waals surface area contributed by atoms with E-state index in [0.717, 1.165) is 23.1 Å². The molecule has 9 heteroatoms. The molecule has 3 rings (SSSR count). The Bertz CT molecular complexity index is 761. The summed E-state index contributed by atoms with van der Waals surface area (Å²) in [5, 5.41) is 13.7. The number of carbonyl (C=O) groups excluding carboxylic acids is 1. The molecule has 0 aliphatic carbocycles. The molecule has 2 aliphatic heterocycles. The number of aryl methyl sites for hydroxylation is 2. The molecule has 0 saturated carbocycles. The number of amides is 1. The van der Waals surface area contributed by atoms with Crippen LogP contribution in [0, 0.1) is 29.9 Å². The quantitative estimate of drug-likeness (QED) is 0.566. The van der Waals surface area contributed by atoms with Gasteiger partial charge < -0.3 is 14.4 Å². The fraction of sp³-hybridized carbons (Fsp3) is 0.579. The Balaban J connectivity index is 1.67. The average Bonchev–Trinajstić information content (AvgIpc) is 3.21. The Labute approximate surface area is 164 Å². The summed E-state index contributed by atoms with van der Waals surface area (Å²) in [6.07, 6.45) is 0.447. The molecule has 2 heterocycles. The topological polar surface area (TPSA) is 97.5 Å². The fourth-order valence-electron chi connectivity index (χ4n) is 3.76. The van der Waals surface area contributed by atoms with Crippen LogP contribution in [0.2, 0.25) is 0 Å². The minimum atomic E-state index is -0.771. The zero-order valence-corrected chi connectivity index (χ0v) is 16.5. The third-order valence-electron chi connectivity index (χ3n) is 5.25. The molecular formula is C19H26N4O5. The maximum atomic E-state index is 12.6. The second-order valence-electron chi connectivity index (χ2n) is 7.41. The van der Waals surface area contributed by atoms with Crippen LogP contribution in [0.1, 0.15) is 30.0 Å². The first kappa shape index (κ1) is 20.1. The van der Waals surface area contributed by atoms with Gasteiger partial charge in [0.25, 0.3) is 5.96 Å². The number of hydrogen-bond donors (Lipinski definition) is 0. The van der Waals surface area contributed by atoms with Gasteiger partial charge in [0.15, 0.2) is 5.03 Å². The van der Waals surface area contributed by atoms with Gasteiger partial charge in [-0.2, -0.15) is 0 Å². The summed E-state index contributed by atoms with van der Waals surface area (Å²) in [7, 11) is 0. The van der Waals surface area contributed by atoms with E-state index in [1.807, 2.05) is 39.0 Å². The van der Waals surface area contributed by atoms with Crippen LogP contribution in [0.5, 0.6) is 0 Å². The largest absolute Gasteiger partial charge is 0.444 e. The summed E-state index contributed by atoms with van der Waals surface area (Å²) >= 11 is 0. The lowest BCUT2D eigenvalue weighted by molar-refractivity contribution is -0.486. The molecule has 2 unspecified atom stereocenters. The van der Waals surface area contributed by atoms with Crippen LogP contribution in [0.25, 0.3) is 0 Å². The molecule has 0 radical (unpaired) electrons. The van der Waals surface area contributed by atoms with Gasteiger partial charge >= 0.3 is 6.09 Å². The first-order valence-electron chi connectivity index (χ1n) is 9.44. The van der Waals surface area contributed by atoms with E-state index < -0.39 is 11.1 Å². The minimum Gasteiger partial charge on any atom is -0.444 e. The average molecular weight is 390 g/mol. The molecule has 0 N–H and O–H groups in total. The van der Waals surface area contributed by atoms with Gasteiger partial charge in [-0.3, -0.25) is 0 Å². The third kappa shape index (κ3) is 4.59. The van der Waals surface area contributed by atoms with E-state index in [0.29, 0.717) is 26.2 Å². The van der Waals surface area contributed by atoms with E-state index in [-0.39, 0.29) is 24.6 Å². The highest BCUT2D eigenvalue weighted by Gasteiger charge is 2.37. The molecule has 1 aromatic rings. The van der Waals surface area contributed by atoms with Crippen molar-refractivity contribution in [2.75, 3.05) is 26.2 Å². The number of rotatable bonds is 5. The lowest BCUT2D eigenvalue weighted by Crippen LogP contribution is -2.40. The lowest BCUT2D eigenvalue weighted by Gasteiger charge is -2.22. The van der Waals surface area contributed by atoms with E-state index in [4.69, 9.17) is 9.47 Å². The van der Waals surface area contributed by atoms with Crippen molar-refractivity contribution >= 4 is 12.1 Å². The van der Waals surface area contributed by atoms with Gasteiger partial charge in [0.2, 0.25) is 0 Å². The summed E-state index contributed by atoms with van der Waals surface area (Å²) in [6.45, 7) is 8.01. The predicted octanol–water partition coefficient (Wildman–Crippen LogP) is 2.53. The van der Waals surface area contributed by atoms with Crippen molar-refractivity contribution < 1.29 is 19.3 Å². The number of guanidine groups is 1. The molecule has 2 aliphatic rings. The Morgan fingerprint density at radius 1 is 1.36 bits per heavy atom. The first-order valence-corrected chi connectivity index (χ1v) is 9.44. The molecule has 0 bridgehead atoms. The second-order valence-corrected chi connectivity index (χ2v) is 7.41. The van der Waals surface area contributed by atoms with E-state index in [1.54, 1.807) is 4.90 Å². The molecule has 1 amide bonds. The van der Waals surface area contributed by atoms with Gasteiger partial charge in [-0.15, -0.1) is 0 Å². The van der Waals surface area contributed by atoms with Crippen molar-refractivity contribution in [2.24, 2.45) is 11.0 Å². The van der Waals surface area contributed by atoms with Crippen molar-refractivity contribution in [3.63, 3.8) is 0 Å². The lowest BCUT2D eigenvalue weighted by atomic mass is 10.0. The molecule has 9 nitrogen and oxygen atoms in total. The van der Waals surface area contributed by atoms with Crippen LogP contribution < -0.4 is 0 Å². The van der Waals surface area contributed by atoms with E-state index in [9.17, 15) is 14.9 Å². The monoisotopic (exact) mass is 390 g/mol. The summed E-state index contributed by atoms with van der Waals surface area (Å²) in [6, 6.07) is 5.86. The predicted molar refractivity (Wildman–Crippen MR) is 102 cm³/mol. The maximum absolute atomic E-state index is 12.6. The van der Waals surface area contributed by atoms with Gasteiger partial charge in [-0.25, -0.2) is 19.8 Å². The molecule has 152 valence electrons. The van der Waals surface area contributed by atoms with Crippen molar-refractivity contribution in [3.8, 4) is 0 Å². The van der Waals surface area contributed by atoms with Crippen molar-refractivity contribution in [3.05, 3.63) is 45.0 Å². The number of carbonyl (C=O) groups is 1. The van der Waals surface area contributed by atoms with Crippen molar-refractivity contribution in [2.45, 2.75) is 39.9 Å². The van der Waals surface area contributed by atoms with E-state index in [1.165, 1.54) is 4.90 Å². The van der Waals surface area contributed by atoms with Crippen LogP contribution in [-0.2, 0) is 16.1 Å². The molecule has 2 atom stereocenters. The minimum absolute atomic E-state index is 0.0380. The first-order chi connectivity index (χ1) is 13.3. The Hall–Kier alpha value is -2.68. The van der Waals surface area contributed by atoms with Crippen LogP contribution in [0.4, 0.5) is 4.79 Å². The van der Waals surface area contributed by atoms with Gasteiger partial charge in [0.1, 0.15) is 11.7 Å². The number of benzene rings is 1. The van der Waals surface area contributed by atoms with E-state index >= 15 is 0 Å². The van der Waals surface area contributed by atoms with Crippen molar-refractivity contribution in [1.82, 2.24) is 9.80 Å². The number of nitro groups is 1. The molecular weight excluding hydrogens is 364 g/mol. The Morgan fingerprint density at radius 2 is 2.07 bits per heavy atom. The van der Waals surface area contributed by atoms with Gasteiger partial charge in [0.05, 0.1) is 19.3 Å². The summed E-state index contributed by atoms with van der Waals surface area (Å²) < 4.78 is 11.0. The Morgan fingerprint density at radius 3 is 2.68 bits per heavy atom. The highest BCUT2D eigenvalue weighted by molar-refractivity contribution is 5.95. The molecule has 2 fully saturated rings. The summed E-state index contributed by atoms with van der Waals surface area (Å²) in [4.78, 5) is 26.7. The smallest absolute Gasteiger partial charge is 0.417 e. The van der Waals surface area contributed by atoms with Gasteiger partial charge in [-0.05, 0) is 43.9 Å². The molecule has 0 aromatic heterocycles. The van der Waals surface area contributed by atoms with Gasteiger partial charge in [0, 0.05) is 19.0 Å². The third-order valence-corrected chi connectivity index (χ3v) is 5.25. The standard InChI is InChI=1S/C19H26N4O5/c1-13-5-4-6-14(2)17(13)12-28-19(24)22-8-7-21(18(22)20-23(25)26)10-16-9-15(3)27-11-16/h4-6,15-16H,7-12H2,1-3H3. The number of hydrogen-bond acceptors (Lipinski definition) is 5.